The first kappa shape index (κ1) is 15.1. The Morgan fingerprint density at radius 1 is 1.32 bits per heavy atom. The Morgan fingerprint density at radius 3 is 3.00 bits per heavy atom. The Hall–Kier alpha value is -1.79. The van der Waals surface area contributed by atoms with Gasteiger partial charge in [0.05, 0.1) is 22.9 Å². The smallest absolute Gasteiger partial charge is 0.233 e. The number of nitrogens with one attached hydrogen (secondary N) is 2. The predicted molar refractivity (Wildman–Crippen MR) is 87.7 cm³/mol. The van der Waals surface area contributed by atoms with E-state index in [0.29, 0.717) is 13.1 Å². The first-order valence-electron chi connectivity index (χ1n) is 7.64. The van der Waals surface area contributed by atoms with Crippen LogP contribution in [0.2, 0.25) is 0 Å². The van der Waals surface area contributed by atoms with Gasteiger partial charge in [-0.1, -0.05) is 6.07 Å². The predicted octanol–water partition coefficient (Wildman–Crippen LogP) is 1.86. The first-order valence-corrected chi connectivity index (χ1v) is 8.52. The second-order valence-electron chi connectivity index (χ2n) is 5.52. The fourth-order valence-corrected chi connectivity index (χ4v) is 2.93. The highest BCUT2D eigenvalue weighted by molar-refractivity contribution is 7.09. The summed E-state index contributed by atoms with van der Waals surface area (Å²) in [7, 11) is 0. The number of aromatic nitrogens is 2. The molecule has 0 radical (unpaired) electrons. The molecule has 0 bridgehead atoms. The van der Waals surface area contributed by atoms with Gasteiger partial charge in [-0.3, -0.25) is 9.78 Å². The number of carbonyl (C=O) groups excluding carboxylic acids is 1. The summed E-state index contributed by atoms with van der Waals surface area (Å²) in [6.45, 7) is 2.00. The lowest BCUT2D eigenvalue weighted by Crippen LogP contribution is -2.35. The van der Waals surface area contributed by atoms with Crippen molar-refractivity contribution in [2.24, 2.45) is 5.92 Å². The lowest BCUT2D eigenvalue weighted by molar-refractivity contribution is -0.120. The van der Waals surface area contributed by atoms with Crippen molar-refractivity contribution in [2.75, 3.05) is 19.6 Å². The highest BCUT2D eigenvalue weighted by Gasteiger charge is 2.20. The molecule has 0 aliphatic heterocycles. The van der Waals surface area contributed by atoms with E-state index < -0.39 is 0 Å². The number of carbonyl (C=O) groups is 1. The van der Waals surface area contributed by atoms with Crippen LogP contribution in [0.1, 0.15) is 17.8 Å². The molecule has 1 fully saturated rings. The Kier molecular flexibility index (Phi) is 5.13. The largest absolute Gasteiger partial charge is 0.355 e. The van der Waals surface area contributed by atoms with Gasteiger partial charge in [0.2, 0.25) is 5.91 Å². The monoisotopic (exact) mass is 316 g/mol. The van der Waals surface area contributed by atoms with E-state index in [1.807, 2.05) is 23.6 Å². The minimum absolute atomic E-state index is 0.0576. The number of hydrogen-bond donors (Lipinski definition) is 2. The molecule has 1 aliphatic carbocycles. The lowest BCUT2D eigenvalue weighted by Gasteiger charge is -2.05. The van der Waals surface area contributed by atoms with Crippen molar-refractivity contribution in [3.63, 3.8) is 0 Å². The van der Waals surface area contributed by atoms with Crippen LogP contribution in [0.15, 0.2) is 29.8 Å². The van der Waals surface area contributed by atoms with E-state index in [2.05, 4.69) is 20.6 Å². The third-order valence-electron chi connectivity index (χ3n) is 3.56. The Morgan fingerprint density at radius 2 is 2.23 bits per heavy atom. The molecule has 1 aliphatic rings. The normalized spacial score (nSPS) is 14.0. The maximum absolute atomic E-state index is 11.7. The molecule has 0 unspecified atom stereocenters. The van der Waals surface area contributed by atoms with Crippen molar-refractivity contribution in [1.82, 2.24) is 20.6 Å². The standard InChI is InChI=1S/C16H20N4OS/c21-15(10-17-9-12-4-5-12)19-8-6-16-20-14(11-22-16)13-3-1-2-7-18-13/h1-3,7,11-12,17H,4-6,8-10H2,(H,19,21). The number of thiazole rings is 1. The molecule has 2 heterocycles. The van der Waals surface area contributed by atoms with Crippen LogP contribution in [0.3, 0.4) is 0 Å². The topological polar surface area (TPSA) is 66.9 Å². The fraction of sp³-hybridized carbons (Fsp3) is 0.438. The van der Waals surface area contributed by atoms with E-state index in [0.717, 1.165) is 35.3 Å². The molecule has 2 N–H and O–H groups in total. The first-order chi connectivity index (χ1) is 10.8. The van der Waals surface area contributed by atoms with Crippen LogP contribution < -0.4 is 10.6 Å². The van der Waals surface area contributed by atoms with Gasteiger partial charge in [-0.2, -0.15) is 0 Å². The van der Waals surface area contributed by atoms with Crippen LogP contribution in [0, 0.1) is 5.92 Å². The minimum Gasteiger partial charge on any atom is -0.355 e. The zero-order chi connectivity index (χ0) is 15.2. The zero-order valence-electron chi connectivity index (χ0n) is 12.4. The molecule has 6 heteroatoms. The number of rotatable bonds is 8. The van der Waals surface area contributed by atoms with Crippen molar-refractivity contribution in [1.29, 1.82) is 0 Å². The SMILES string of the molecule is O=C(CNCC1CC1)NCCc1nc(-c2ccccn2)cs1. The summed E-state index contributed by atoms with van der Waals surface area (Å²) in [5.74, 6) is 0.857. The van der Waals surface area contributed by atoms with E-state index in [1.165, 1.54) is 12.8 Å². The third-order valence-corrected chi connectivity index (χ3v) is 4.46. The molecule has 0 aromatic carbocycles. The van der Waals surface area contributed by atoms with Gasteiger partial charge in [0, 0.05) is 24.5 Å². The minimum atomic E-state index is 0.0576. The summed E-state index contributed by atoms with van der Waals surface area (Å²) in [6.07, 6.45) is 5.13. The van der Waals surface area contributed by atoms with Crippen LogP contribution in [-0.2, 0) is 11.2 Å². The van der Waals surface area contributed by atoms with Crippen molar-refractivity contribution in [2.45, 2.75) is 19.3 Å². The number of hydrogen-bond acceptors (Lipinski definition) is 5. The van der Waals surface area contributed by atoms with Crippen molar-refractivity contribution < 1.29 is 4.79 Å². The molecule has 1 saturated carbocycles. The van der Waals surface area contributed by atoms with Crippen molar-refractivity contribution in [3.05, 3.63) is 34.8 Å². The van der Waals surface area contributed by atoms with E-state index >= 15 is 0 Å². The average molecular weight is 316 g/mol. The van der Waals surface area contributed by atoms with Crippen LogP contribution in [-0.4, -0.2) is 35.5 Å². The number of amides is 1. The molecule has 3 rings (SSSR count). The van der Waals surface area contributed by atoms with E-state index in [4.69, 9.17) is 0 Å². The molecule has 2 aromatic rings. The molecule has 5 nitrogen and oxygen atoms in total. The number of pyridine rings is 1. The molecule has 22 heavy (non-hydrogen) atoms. The zero-order valence-corrected chi connectivity index (χ0v) is 13.2. The second-order valence-corrected chi connectivity index (χ2v) is 6.46. The summed E-state index contributed by atoms with van der Waals surface area (Å²) < 4.78 is 0. The van der Waals surface area contributed by atoms with Crippen LogP contribution in [0.25, 0.3) is 11.4 Å². The molecule has 2 aromatic heterocycles. The Bertz CT molecular complexity index is 610. The van der Waals surface area contributed by atoms with Gasteiger partial charge in [0.15, 0.2) is 0 Å². The molecule has 0 saturated heterocycles. The van der Waals surface area contributed by atoms with Gasteiger partial charge in [0.25, 0.3) is 0 Å². The summed E-state index contributed by atoms with van der Waals surface area (Å²) in [4.78, 5) is 20.5. The molecule has 0 spiro atoms. The van der Waals surface area contributed by atoms with Crippen LogP contribution in [0.5, 0.6) is 0 Å². The molecule has 0 atom stereocenters. The quantitative estimate of drug-likeness (QED) is 0.780. The summed E-state index contributed by atoms with van der Waals surface area (Å²) in [5.41, 5.74) is 1.79. The van der Waals surface area contributed by atoms with Gasteiger partial charge >= 0.3 is 0 Å². The Labute approximate surface area is 134 Å². The average Bonchev–Trinajstić information content (AvgIpc) is 3.24. The van der Waals surface area contributed by atoms with E-state index in [1.54, 1.807) is 17.5 Å². The maximum Gasteiger partial charge on any atom is 0.233 e. The molecule has 116 valence electrons. The summed E-state index contributed by atoms with van der Waals surface area (Å²) >= 11 is 1.61. The fourth-order valence-electron chi connectivity index (χ4n) is 2.14. The van der Waals surface area contributed by atoms with Gasteiger partial charge in [-0.05, 0) is 37.4 Å². The lowest BCUT2D eigenvalue weighted by atomic mass is 10.3. The third kappa shape index (κ3) is 4.61. The molecular formula is C16H20N4OS. The number of nitrogens with zero attached hydrogens (tertiary/aromatic N) is 2. The molecular weight excluding hydrogens is 296 g/mol. The van der Waals surface area contributed by atoms with Gasteiger partial charge in [0.1, 0.15) is 0 Å². The highest BCUT2D eigenvalue weighted by atomic mass is 32.1. The van der Waals surface area contributed by atoms with Gasteiger partial charge in [-0.15, -0.1) is 11.3 Å². The van der Waals surface area contributed by atoms with Crippen molar-refractivity contribution >= 4 is 17.2 Å². The second kappa shape index (κ2) is 7.47. The summed E-state index contributed by atoms with van der Waals surface area (Å²) in [5, 5.41) is 9.14. The van der Waals surface area contributed by atoms with Crippen LogP contribution in [0.4, 0.5) is 0 Å². The highest BCUT2D eigenvalue weighted by Crippen LogP contribution is 2.27. The van der Waals surface area contributed by atoms with Gasteiger partial charge in [-0.25, -0.2) is 4.98 Å². The van der Waals surface area contributed by atoms with Crippen LogP contribution >= 0.6 is 11.3 Å². The molecule has 1 amide bonds. The Balaban J connectivity index is 1.38. The van der Waals surface area contributed by atoms with Gasteiger partial charge < -0.3 is 10.6 Å². The summed E-state index contributed by atoms with van der Waals surface area (Å²) in [6, 6.07) is 5.80. The van der Waals surface area contributed by atoms with E-state index in [-0.39, 0.29) is 5.91 Å². The van der Waals surface area contributed by atoms with Crippen molar-refractivity contribution in [3.8, 4) is 11.4 Å². The maximum atomic E-state index is 11.7. The van der Waals surface area contributed by atoms with E-state index in [9.17, 15) is 4.79 Å².